The van der Waals surface area contributed by atoms with Gasteiger partial charge in [-0.3, -0.25) is 4.90 Å². The smallest absolute Gasteiger partial charge is 0.409 e. The van der Waals surface area contributed by atoms with Crippen LogP contribution < -0.4 is 0 Å². The monoisotopic (exact) mass is 558 g/mol. The highest BCUT2D eigenvalue weighted by Crippen LogP contribution is 2.33. The number of para-hydroxylation sites is 2. The molecule has 1 amide bonds. The van der Waals surface area contributed by atoms with E-state index in [9.17, 15) is 4.79 Å². The van der Waals surface area contributed by atoms with Gasteiger partial charge in [0.15, 0.2) is 0 Å². The number of hydrogen-bond acceptors (Lipinski definition) is 4. The topological polar surface area (TPSA) is 50.6 Å². The van der Waals surface area contributed by atoms with E-state index in [0.29, 0.717) is 19.7 Å². The Kier molecular flexibility index (Phi) is 8.61. The summed E-state index contributed by atoms with van der Waals surface area (Å²) < 4.78 is 8.29. The number of aromatic nitrogens is 2. The van der Waals surface area contributed by atoms with Crippen molar-refractivity contribution >= 4 is 17.1 Å². The van der Waals surface area contributed by atoms with Crippen LogP contribution in [-0.4, -0.2) is 51.2 Å². The van der Waals surface area contributed by atoms with Crippen LogP contribution in [0, 0.1) is 0 Å². The summed E-state index contributed by atoms with van der Waals surface area (Å²) in [4.78, 5) is 22.4. The molecule has 1 aromatic heterocycles. The van der Waals surface area contributed by atoms with Crippen LogP contribution in [0.3, 0.4) is 0 Å². The second-order valence-electron chi connectivity index (χ2n) is 11.2. The molecule has 1 atom stereocenters. The molecule has 4 aromatic carbocycles. The van der Waals surface area contributed by atoms with Crippen LogP contribution in [0.15, 0.2) is 115 Å². The molecule has 6 rings (SSSR count). The van der Waals surface area contributed by atoms with E-state index < -0.39 is 0 Å². The van der Waals surface area contributed by atoms with Crippen LogP contribution in [0.5, 0.6) is 0 Å². The van der Waals surface area contributed by atoms with E-state index in [1.165, 1.54) is 11.1 Å². The molecule has 42 heavy (non-hydrogen) atoms. The normalized spacial score (nSPS) is 14.8. The third kappa shape index (κ3) is 6.39. The average molecular weight is 559 g/mol. The second-order valence-corrected chi connectivity index (χ2v) is 11.2. The molecule has 6 nitrogen and oxygen atoms in total. The number of benzene rings is 4. The number of likely N-dealkylation sites (tertiary alicyclic amines) is 1. The van der Waals surface area contributed by atoms with Crippen LogP contribution >= 0.6 is 0 Å². The van der Waals surface area contributed by atoms with Gasteiger partial charge in [-0.25, -0.2) is 9.78 Å². The van der Waals surface area contributed by atoms with Gasteiger partial charge in [0.05, 0.1) is 11.0 Å². The number of hydrogen-bond donors (Lipinski definition) is 0. The van der Waals surface area contributed by atoms with Crippen molar-refractivity contribution in [2.45, 2.75) is 44.9 Å². The quantitative estimate of drug-likeness (QED) is 0.187. The molecule has 1 aliphatic heterocycles. The van der Waals surface area contributed by atoms with Crippen LogP contribution in [0.4, 0.5) is 4.79 Å². The highest BCUT2D eigenvalue weighted by atomic mass is 16.6. The number of carbonyl (C=O) groups excluding carboxylic acids is 1. The Labute approximate surface area is 248 Å². The maximum atomic E-state index is 13.2. The van der Waals surface area contributed by atoms with E-state index >= 15 is 0 Å². The molecule has 2 heterocycles. The highest BCUT2D eigenvalue weighted by molar-refractivity contribution is 5.81. The van der Waals surface area contributed by atoms with Crippen LogP contribution in [0.1, 0.15) is 36.9 Å². The number of ether oxygens (including phenoxy) is 1. The molecule has 0 radical (unpaired) electrons. The Morgan fingerprint density at radius 2 is 1.36 bits per heavy atom. The number of nitrogens with zero attached hydrogens (tertiary/aromatic N) is 4. The summed E-state index contributed by atoms with van der Waals surface area (Å²) >= 11 is 0. The second kappa shape index (κ2) is 13.0. The first-order valence-corrected chi connectivity index (χ1v) is 14.9. The lowest BCUT2D eigenvalue weighted by Crippen LogP contribution is -2.42. The van der Waals surface area contributed by atoms with Gasteiger partial charge in [-0.05, 0) is 43.0 Å². The first kappa shape index (κ1) is 27.7. The van der Waals surface area contributed by atoms with Gasteiger partial charge < -0.3 is 14.2 Å². The lowest BCUT2D eigenvalue weighted by atomic mass is 10.0. The molecular weight excluding hydrogens is 520 g/mol. The number of amides is 1. The highest BCUT2D eigenvalue weighted by Gasteiger charge is 2.28. The molecule has 0 N–H and O–H groups in total. The van der Waals surface area contributed by atoms with Gasteiger partial charge >= 0.3 is 6.09 Å². The molecule has 214 valence electrons. The fourth-order valence-electron chi connectivity index (χ4n) is 5.90. The largest absolute Gasteiger partial charge is 0.448 e. The predicted molar refractivity (Wildman–Crippen MR) is 168 cm³/mol. The van der Waals surface area contributed by atoms with E-state index in [4.69, 9.17) is 9.72 Å². The zero-order valence-electron chi connectivity index (χ0n) is 24.2. The van der Waals surface area contributed by atoms with Crippen molar-refractivity contribution in [1.29, 1.82) is 0 Å². The van der Waals surface area contributed by atoms with Crippen molar-refractivity contribution in [1.82, 2.24) is 19.4 Å². The first-order valence-electron chi connectivity index (χ1n) is 14.9. The van der Waals surface area contributed by atoms with E-state index in [-0.39, 0.29) is 18.2 Å². The molecule has 6 heteroatoms. The summed E-state index contributed by atoms with van der Waals surface area (Å²) in [5.41, 5.74) is 5.75. The lowest BCUT2D eigenvalue weighted by Gasteiger charge is -2.34. The number of imidazole rings is 1. The van der Waals surface area contributed by atoms with Gasteiger partial charge in [-0.1, -0.05) is 103 Å². The van der Waals surface area contributed by atoms with Crippen molar-refractivity contribution in [3.8, 4) is 11.4 Å². The van der Waals surface area contributed by atoms with Crippen LogP contribution in [-0.2, 0) is 17.8 Å². The third-order valence-corrected chi connectivity index (χ3v) is 8.24. The fraction of sp³-hybridized carbons (Fsp3) is 0.278. The van der Waals surface area contributed by atoms with Crippen LogP contribution in [0.2, 0.25) is 0 Å². The Morgan fingerprint density at radius 1 is 0.810 bits per heavy atom. The molecule has 0 aliphatic carbocycles. The summed E-state index contributed by atoms with van der Waals surface area (Å²) in [5.74, 6) is 0.989. The minimum Gasteiger partial charge on any atom is -0.448 e. The van der Waals surface area contributed by atoms with Crippen molar-refractivity contribution in [3.63, 3.8) is 0 Å². The van der Waals surface area contributed by atoms with Crippen molar-refractivity contribution in [3.05, 3.63) is 126 Å². The summed E-state index contributed by atoms with van der Waals surface area (Å²) in [5, 5.41) is 0. The summed E-state index contributed by atoms with van der Waals surface area (Å²) in [7, 11) is 0. The van der Waals surface area contributed by atoms with Crippen molar-refractivity contribution < 1.29 is 9.53 Å². The van der Waals surface area contributed by atoms with E-state index in [0.717, 1.165) is 48.4 Å². The number of carbonyl (C=O) groups is 1. The first-order chi connectivity index (χ1) is 20.7. The van der Waals surface area contributed by atoms with Crippen LogP contribution in [0.25, 0.3) is 22.4 Å². The molecule has 1 saturated heterocycles. The predicted octanol–water partition coefficient (Wildman–Crippen LogP) is 7.57. The molecule has 0 saturated carbocycles. The molecule has 0 spiro atoms. The summed E-state index contributed by atoms with van der Waals surface area (Å²) in [6.45, 7) is 5.40. The van der Waals surface area contributed by atoms with Gasteiger partial charge in [0.2, 0.25) is 0 Å². The van der Waals surface area contributed by atoms with Gasteiger partial charge in [0, 0.05) is 43.8 Å². The van der Waals surface area contributed by atoms with E-state index in [2.05, 4.69) is 107 Å². The van der Waals surface area contributed by atoms with Gasteiger partial charge in [-0.2, -0.15) is 0 Å². The average Bonchev–Trinajstić information content (AvgIpc) is 3.44. The maximum absolute atomic E-state index is 13.2. The van der Waals surface area contributed by atoms with E-state index in [1.54, 1.807) is 0 Å². The third-order valence-electron chi connectivity index (χ3n) is 8.24. The standard InChI is InChI=1S/C36H38N4O2/c1-28(39(25-29-13-5-2-6-14-29)26-30-15-7-3-8-16-30)27-42-36(41)38-23-21-32(22-24-38)40-34-20-12-11-19-33(34)37-35(40)31-17-9-4-10-18-31/h2-20,28,32H,21-27H2,1H3/t28-/m0/s1. The van der Waals surface area contributed by atoms with Gasteiger partial charge in [-0.15, -0.1) is 0 Å². The molecule has 0 bridgehead atoms. The minimum absolute atomic E-state index is 0.0673. The Bertz CT molecular complexity index is 1540. The summed E-state index contributed by atoms with van der Waals surface area (Å²) in [6, 6.07) is 40.0. The molecule has 1 fully saturated rings. The molecule has 1 aliphatic rings. The van der Waals surface area contributed by atoms with E-state index in [1.807, 2.05) is 29.2 Å². The number of piperidine rings is 1. The molecule has 5 aromatic rings. The minimum atomic E-state index is -0.224. The Morgan fingerprint density at radius 3 is 1.98 bits per heavy atom. The fourth-order valence-corrected chi connectivity index (χ4v) is 5.90. The summed E-state index contributed by atoms with van der Waals surface area (Å²) in [6.07, 6.45) is 1.50. The lowest BCUT2D eigenvalue weighted by molar-refractivity contribution is 0.0569. The molecular formula is C36H38N4O2. The Balaban J connectivity index is 1.09. The zero-order valence-corrected chi connectivity index (χ0v) is 24.2. The zero-order chi connectivity index (χ0) is 28.7. The van der Waals surface area contributed by atoms with Gasteiger partial charge in [0.1, 0.15) is 12.4 Å². The van der Waals surface area contributed by atoms with Crippen molar-refractivity contribution in [2.24, 2.45) is 0 Å². The molecule has 0 unspecified atom stereocenters. The maximum Gasteiger partial charge on any atom is 0.409 e. The SMILES string of the molecule is C[C@@H](COC(=O)N1CCC(n2c(-c3ccccc3)nc3ccccc32)CC1)N(Cc1ccccc1)Cc1ccccc1. The Hall–Kier alpha value is -4.42. The van der Waals surface area contributed by atoms with Gasteiger partial charge in [0.25, 0.3) is 0 Å². The van der Waals surface area contributed by atoms with Crippen molar-refractivity contribution in [2.75, 3.05) is 19.7 Å². The number of fused-ring (bicyclic) bond motifs is 1. The number of rotatable bonds is 9.